The molecule has 5 N–H and O–H groups in total. The van der Waals surface area contributed by atoms with Crippen molar-refractivity contribution in [2.75, 3.05) is 17.4 Å². The highest BCUT2D eigenvalue weighted by Gasteiger charge is 2.22. The van der Waals surface area contributed by atoms with Crippen LogP contribution in [0.4, 0.5) is 11.6 Å². The van der Waals surface area contributed by atoms with E-state index in [2.05, 4.69) is 130 Å². The Hall–Kier alpha value is -11.4. The molecule has 0 unspecified atom stereocenters. The average molecular weight is 1970 g/mol. The number of aryl methyl sites for hydroxylation is 5. The summed E-state index contributed by atoms with van der Waals surface area (Å²) in [6.07, 6.45) is 21.3. The Morgan fingerprint density at radius 3 is 1.80 bits per heavy atom. The van der Waals surface area contributed by atoms with Crippen LogP contribution in [0.2, 0.25) is 35.2 Å². The van der Waals surface area contributed by atoms with Crippen LogP contribution in [0.1, 0.15) is 74.1 Å². The number of hydrogen-bond donors (Lipinski definition) is 5. The van der Waals surface area contributed by atoms with Gasteiger partial charge in [-0.3, -0.25) is 44.9 Å². The van der Waals surface area contributed by atoms with Gasteiger partial charge < -0.3 is 25.0 Å². The Labute approximate surface area is 768 Å². The van der Waals surface area contributed by atoms with E-state index in [4.69, 9.17) is 85.9 Å². The summed E-state index contributed by atoms with van der Waals surface area (Å²) in [5.74, 6) is 1.95. The van der Waals surface area contributed by atoms with Gasteiger partial charge >= 0.3 is 5.97 Å². The molecule has 1 aliphatic carbocycles. The van der Waals surface area contributed by atoms with Crippen LogP contribution in [0.15, 0.2) is 259 Å². The number of benzene rings is 8. The van der Waals surface area contributed by atoms with Gasteiger partial charge in [0, 0.05) is 101 Å². The maximum absolute atomic E-state index is 11.9. The zero-order valence-electron chi connectivity index (χ0n) is 66.0. The quantitative estimate of drug-likeness (QED) is 0.0264. The lowest BCUT2D eigenvalue weighted by atomic mass is 9.97. The highest BCUT2D eigenvalue weighted by molar-refractivity contribution is 14.1. The summed E-state index contributed by atoms with van der Waals surface area (Å²) in [6, 6.07) is 60.3. The first-order valence-electron chi connectivity index (χ1n) is 37.6. The SMILES string of the molecule is CC(=O)Oc1c(Cl)cc(Cl)c2cccnc12.Cc1ccc2ccccc2c1/C=N/NC(=O)c1ccncc1.Cc1ccccc1/C=N/Nc1ncnc2sc3c(c12)CCCC3.Cc1nc(-c2ccccn2)nc(N(C)Cc2ccccc2)c1Cl.Oc1c(Br)cc(Cl)c2cccnc12.Oc1c(Cl)cc(Cl)c2cccnc12.Oc1c(I)cc(Cl)c2cccnc12. The fraction of sp³-hybridized carbons (Fsp3) is 0.109. The highest BCUT2D eigenvalue weighted by Crippen LogP contribution is 2.42. The summed E-state index contributed by atoms with van der Waals surface area (Å²) in [5.41, 5.74) is 16.7. The minimum absolute atomic E-state index is 0.0262. The van der Waals surface area contributed by atoms with Gasteiger partial charge in [-0.25, -0.2) is 25.4 Å². The summed E-state index contributed by atoms with van der Waals surface area (Å²) in [4.78, 5) is 69.8. The van der Waals surface area contributed by atoms with E-state index in [1.807, 2.05) is 140 Å². The number of hydrazone groups is 2. The molecule has 123 heavy (non-hydrogen) atoms. The van der Waals surface area contributed by atoms with Crippen LogP contribution in [0, 0.1) is 24.3 Å². The second kappa shape index (κ2) is 43.6. The van der Waals surface area contributed by atoms with Crippen LogP contribution >= 0.6 is 131 Å². The predicted octanol–water partition coefficient (Wildman–Crippen LogP) is 25.0. The van der Waals surface area contributed by atoms with Gasteiger partial charge in [-0.15, -0.1) is 11.3 Å². The molecule has 1 aliphatic rings. The molecule has 8 aromatic carbocycles. The number of phenols is 3. The number of thiophene rings is 1. The number of aromatic hydroxyl groups is 3. The third-order valence-corrected chi connectivity index (χ3v) is 23.5. The Kier molecular flexibility index (Phi) is 32.2. The smallest absolute Gasteiger partial charge is 0.308 e. The molecule has 0 saturated carbocycles. The van der Waals surface area contributed by atoms with Gasteiger partial charge in [0.2, 0.25) is 0 Å². The number of ether oxygens (including phenoxy) is 1. The highest BCUT2D eigenvalue weighted by atomic mass is 127. The topological polar surface area (TPSA) is 285 Å². The van der Waals surface area contributed by atoms with Gasteiger partial charge in [0.25, 0.3) is 5.91 Å². The number of carbonyl (C=O) groups excluding carboxylic acids is 2. The average Bonchev–Trinajstić information content (AvgIpc) is 1.76. The Morgan fingerprint density at radius 2 is 1.14 bits per heavy atom. The Bertz CT molecular complexity index is 6530. The van der Waals surface area contributed by atoms with Crippen LogP contribution in [-0.4, -0.2) is 96.5 Å². The van der Waals surface area contributed by atoms with E-state index < -0.39 is 5.97 Å². The number of esters is 1. The number of rotatable bonds is 11. The molecule has 1 amide bonds. The van der Waals surface area contributed by atoms with Gasteiger partial charge in [-0.2, -0.15) is 10.2 Å². The van der Waals surface area contributed by atoms with E-state index in [1.165, 1.54) is 59.9 Å². The van der Waals surface area contributed by atoms with Crippen LogP contribution in [-0.2, 0) is 24.2 Å². The van der Waals surface area contributed by atoms with Crippen molar-refractivity contribution >= 4 is 232 Å². The van der Waals surface area contributed by atoms with Crippen LogP contribution < -0.4 is 20.5 Å². The fourth-order valence-electron chi connectivity index (χ4n) is 12.6. The first-order chi connectivity index (χ1) is 59.4. The lowest BCUT2D eigenvalue weighted by molar-refractivity contribution is -0.131. The third-order valence-electron chi connectivity index (χ3n) is 18.6. The molecule has 17 aromatic rings. The number of nitrogens with zero attached hydrogens (tertiary/aromatic N) is 13. The summed E-state index contributed by atoms with van der Waals surface area (Å²) in [7, 11) is 1.98. The molecule has 31 heteroatoms. The molecule has 18 rings (SSSR count). The van der Waals surface area contributed by atoms with Crippen molar-refractivity contribution in [2.24, 2.45) is 10.2 Å². The van der Waals surface area contributed by atoms with E-state index in [9.17, 15) is 24.9 Å². The van der Waals surface area contributed by atoms with Crippen molar-refractivity contribution < 1.29 is 29.6 Å². The lowest BCUT2D eigenvalue weighted by Gasteiger charge is -2.20. The number of phenolic OH excluding ortho intramolecular Hbond substituents is 3. The number of pyridine rings is 6. The third kappa shape index (κ3) is 23.3. The van der Waals surface area contributed by atoms with E-state index in [-0.39, 0.29) is 39.0 Å². The molecule has 0 spiro atoms. The standard InChI is InChI=1S/C18H17ClN4.C18H18N4S.C18H15N3O.C11H7Cl2NO2.C9H5BrClNO.C9H5Cl2NO.C9H5ClINO/c1-13-16(19)18(23(2)12-14-8-4-3-5-9-14)22-17(21-13)15-10-6-7-11-20-15;1-12-6-2-3-7-13(12)10-21-22-17-16-14-8-4-5-9-15(14)23-18(16)20-11-19-17;1-13-6-7-14-4-2-3-5-16(14)17(13)12-20-21-18(22)15-8-10-19-11-9-15;1-6(15)16-11-9(13)5-8(12)7-3-2-4-14-10(7)11;10-6-4-7(11)5-2-1-3-12-8(5)9(6)13;2*10-6-4-7(11)9(13)8-5(6)2-1-3-12-8/h3-11H,12H2,1-2H3;2-3,6-7,10-11H,4-5,8-9H2,1H3,(H,19,20,22);2-12H,1H3,(H,21,22);2-5H,1H3;3*1-4,13H/b;21-10+;20-12+;;;;. The number of aromatic nitrogens is 10. The number of carbonyl (C=O) groups is 2. The number of halogens is 9. The molecule has 0 aliphatic heterocycles. The van der Waals surface area contributed by atoms with Crippen LogP contribution in [0.5, 0.6) is 23.0 Å². The molecular formula is C92H72BrCl7IN15O6S. The number of anilines is 2. The molecule has 0 fully saturated rings. The largest absolute Gasteiger partial charge is 0.505 e. The minimum atomic E-state index is -0.448. The first-order valence-corrected chi connectivity index (χ1v) is 42.9. The van der Waals surface area contributed by atoms with Gasteiger partial charge in [0.05, 0.1) is 61.7 Å². The van der Waals surface area contributed by atoms with E-state index in [0.717, 1.165) is 78.6 Å². The fourth-order valence-corrected chi connectivity index (χ4v) is 16.9. The number of amides is 1. The van der Waals surface area contributed by atoms with Gasteiger partial charge in [0.15, 0.2) is 40.5 Å². The molecule has 0 radical (unpaired) electrons. The number of hydrogen-bond acceptors (Lipinski definition) is 21. The second-order valence-corrected chi connectivity index (χ2v) is 33.0. The minimum Gasteiger partial charge on any atom is -0.505 e. The summed E-state index contributed by atoms with van der Waals surface area (Å²) in [5, 5.41) is 46.9. The Balaban J connectivity index is 0.000000133. The molecule has 620 valence electrons. The maximum atomic E-state index is 11.9. The normalized spacial score (nSPS) is 11.3. The molecule has 9 heterocycles. The molecule has 21 nitrogen and oxygen atoms in total. The lowest BCUT2D eigenvalue weighted by Crippen LogP contribution is -2.19. The van der Waals surface area contributed by atoms with Crippen LogP contribution in [0.3, 0.4) is 0 Å². The van der Waals surface area contributed by atoms with Gasteiger partial charge in [0.1, 0.15) is 43.9 Å². The van der Waals surface area contributed by atoms with Crippen molar-refractivity contribution in [3.8, 4) is 34.5 Å². The molecule has 0 atom stereocenters. The zero-order chi connectivity index (χ0) is 87.2. The first kappa shape index (κ1) is 90.8. The van der Waals surface area contributed by atoms with Gasteiger partial charge in [-0.05, 0) is 221 Å². The predicted molar refractivity (Wildman–Crippen MR) is 512 cm³/mol. The van der Waals surface area contributed by atoms with E-state index >= 15 is 0 Å². The number of fused-ring (bicyclic) bond motifs is 8. The Morgan fingerprint density at radius 1 is 0.561 bits per heavy atom. The summed E-state index contributed by atoms with van der Waals surface area (Å²) >= 11 is 49.0. The maximum Gasteiger partial charge on any atom is 0.308 e. The molecule has 0 saturated heterocycles. The van der Waals surface area contributed by atoms with Crippen molar-refractivity contribution in [3.05, 3.63) is 337 Å². The molecule has 9 aromatic heterocycles. The van der Waals surface area contributed by atoms with Crippen molar-refractivity contribution in [3.63, 3.8) is 0 Å². The molecule has 0 bridgehead atoms. The summed E-state index contributed by atoms with van der Waals surface area (Å²) < 4.78 is 6.30. The second-order valence-electron chi connectivity index (χ2n) is 27.0. The van der Waals surface area contributed by atoms with E-state index in [0.29, 0.717) is 83.2 Å². The van der Waals surface area contributed by atoms with Crippen LogP contribution in [0.25, 0.3) is 76.1 Å². The van der Waals surface area contributed by atoms with Crippen molar-refractivity contribution in [1.82, 2.24) is 55.3 Å². The monoisotopic (exact) mass is 1970 g/mol. The van der Waals surface area contributed by atoms with E-state index in [1.54, 1.807) is 128 Å². The van der Waals surface area contributed by atoms with Crippen molar-refractivity contribution in [1.29, 1.82) is 0 Å². The van der Waals surface area contributed by atoms with Crippen molar-refractivity contribution in [2.45, 2.75) is 59.9 Å². The number of nitrogens with one attached hydrogen (secondary N) is 2. The summed E-state index contributed by atoms with van der Waals surface area (Å²) in [6.45, 7) is 8.02. The zero-order valence-corrected chi connectivity index (χ0v) is 75.8. The van der Waals surface area contributed by atoms with Gasteiger partial charge in [-0.1, -0.05) is 178 Å². The molecular weight excluding hydrogens is 1900 g/mol.